The van der Waals surface area contributed by atoms with Crippen LogP contribution in [0.4, 0.5) is 11.4 Å². The second-order valence-electron chi connectivity index (χ2n) is 3.29. The average molecular weight is 207 g/mol. The van der Waals surface area contributed by atoms with Gasteiger partial charge in [-0.2, -0.15) is 0 Å². The first kappa shape index (κ1) is 9.40. The Morgan fingerprint density at radius 1 is 1.50 bits per heavy atom. The Hall–Kier alpha value is -1.16. The molecule has 0 amide bonds. The summed E-state index contributed by atoms with van der Waals surface area (Å²) in [5.74, 6) is 0. The highest BCUT2D eigenvalue weighted by atomic mass is 32.2. The highest BCUT2D eigenvalue weighted by Crippen LogP contribution is 2.24. The standard InChI is InChI=1S/C10H13N3S/c1-7-6-12-10(14-7)13-9-5-3-2-4-8(9)11/h2-5,7H,6,11H2,1H3,(H,12,13). The van der Waals surface area contributed by atoms with Crippen LogP contribution in [-0.4, -0.2) is 17.0 Å². The maximum absolute atomic E-state index is 5.81. The largest absolute Gasteiger partial charge is 0.397 e. The Labute approximate surface area is 87.8 Å². The molecule has 1 aromatic rings. The molecule has 3 N–H and O–H groups in total. The first-order chi connectivity index (χ1) is 6.75. The van der Waals surface area contributed by atoms with Crippen molar-refractivity contribution in [2.45, 2.75) is 12.2 Å². The molecule has 0 bridgehead atoms. The Balaban J connectivity index is 2.08. The van der Waals surface area contributed by atoms with Crippen molar-refractivity contribution < 1.29 is 0 Å². The summed E-state index contributed by atoms with van der Waals surface area (Å²) in [6.07, 6.45) is 0. The summed E-state index contributed by atoms with van der Waals surface area (Å²) in [7, 11) is 0. The minimum absolute atomic E-state index is 0.572. The van der Waals surface area contributed by atoms with Gasteiger partial charge in [-0.05, 0) is 12.1 Å². The number of hydrogen-bond acceptors (Lipinski definition) is 4. The quantitative estimate of drug-likeness (QED) is 0.694. The molecule has 0 saturated heterocycles. The van der Waals surface area contributed by atoms with E-state index in [1.165, 1.54) is 0 Å². The van der Waals surface area contributed by atoms with Crippen molar-refractivity contribution in [3.63, 3.8) is 0 Å². The van der Waals surface area contributed by atoms with Gasteiger partial charge in [-0.25, -0.2) is 0 Å². The molecule has 0 saturated carbocycles. The van der Waals surface area contributed by atoms with Gasteiger partial charge in [-0.15, -0.1) is 0 Å². The van der Waals surface area contributed by atoms with Gasteiger partial charge in [0.1, 0.15) is 0 Å². The van der Waals surface area contributed by atoms with E-state index in [9.17, 15) is 0 Å². The van der Waals surface area contributed by atoms with Crippen molar-refractivity contribution in [1.29, 1.82) is 0 Å². The summed E-state index contributed by atoms with van der Waals surface area (Å²) in [4.78, 5) is 4.37. The monoisotopic (exact) mass is 207 g/mol. The van der Waals surface area contributed by atoms with Crippen molar-refractivity contribution in [2.75, 3.05) is 17.6 Å². The van der Waals surface area contributed by atoms with Crippen LogP contribution in [0.1, 0.15) is 6.92 Å². The van der Waals surface area contributed by atoms with Crippen LogP contribution in [-0.2, 0) is 0 Å². The summed E-state index contributed by atoms with van der Waals surface area (Å²) in [5.41, 5.74) is 7.50. The normalized spacial score (nSPS) is 20.6. The molecule has 1 aliphatic heterocycles. The van der Waals surface area contributed by atoms with Crippen LogP contribution >= 0.6 is 11.8 Å². The first-order valence-corrected chi connectivity index (χ1v) is 5.46. The highest BCUT2D eigenvalue weighted by Gasteiger charge is 2.15. The van der Waals surface area contributed by atoms with Crippen molar-refractivity contribution in [1.82, 2.24) is 0 Å². The van der Waals surface area contributed by atoms with Crippen molar-refractivity contribution in [3.05, 3.63) is 24.3 Å². The lowest BCUT2D eigenvalue weighted by molar-refractivity contribution is 0.976. The number of nitrogen functional groups attached to an aromatic ring is 1. The lowest BCUT2D eigenvalue weighted by Crippen LogP contribution is -2.07. The summed E-state index contributed by atoms with van der Waals surface area (Å²) in [6, 6.07) is 7.72. The average Bonchev–Trinajstić information content (AvgIpc) is 2.56. The van der Waals surface area contributed by atoms with Crippen LogP contribution in [0.3, 0.4) is 0 Å². The molecule has 4 heteroatoms. The Morgan fingerprint density at radius 3 is 2.93 bits per heavy atom. The van der Waals surface area contributed by atoms with E-state index >= 15 is 0 Å². The van der Waals surface area contributed by atoms with Gasteiger partial charge < -0.3 is 11.1 Å². The van der Waals surface area contributed by atoms with E-state index in [1.54, 1.807) is 11.8 Å². The fourth-order valence-corrected chi connectivity index (χ4v) is 2.12. The molecule has 74 valence electrons. The van der Waals surface area contributed by atoms with Crippen molar-refractivity contribution in [2.24, 2.45) is 4.99 Å². The maximum Gasteiger partial charge on any atom is 0.161 e. The summed E-state index contributed by atoms with van der Waals surface area (Å²) < 4.78 is 0. The zero-order valence-electron chi connectivity index (χ0n) is 8.03. The summed E-state index contributed by atoms with van der Waals surface area (Å²) >= 11 is 1.75. The Bertz CT molecular complexity index is 362. The number of hydrogen-bond donors (Lipinski definition) is 2. The molecule has 14 heavy (non-hydrogen) atoms. The van der Waals surface area contributed by atoms with Crippen LogP contribution in [0.5, 0.6) is 0 Å². The molecule has 1 heterocycles. The van der Waals surface area contributed by atoms with Gasteiger partial charge in [0.05, 0.1) is 17.9 Å². The molecule has 0 aromatic heterocycles. The predicted molar refractivity (Wildman–Crippen MR) is 63.8 cm³/mol. The molecule has 0 fully saturated rings. The number of para-hydroxylation sites is 2. The third-order valence-electron chi connectivity index (χ3n) is 2.01. The number of rotatable bonds is 1. The third kappa shape index (κ3) is 2.01. The van der Waals surface area contributed by atoms with Crippen LogP contribution in [0, 0.1) is 0 Å². The first-order valence-electron chi connectivity index (χ1n) is 4.58. The Kier molecular flexibility index (Phi) is 2.63. The molecule has 1 atom stereocenters. The maximum atomic E-state index is 5.81. The van der Waals surface area contributed by atoms with Crippen molar-refractivity contribution in [3.8, 4) is 0 Å². The number of amidine groups is 1. The van der Waals surface area contributed by atoms with Gasteiger partial charge in [0, 0.05) is 5.25 Å². The fraction of sp³-hybridized carbons (Fsp3) is 0.300. The highest BCUT2D eigenvalue weighted by molar-refractivity contribution is 8.15. The number of nitrogens with two attached hydrogens (primary N) is 1. The van der Waals surface area contributed by atoms with Crippen molar-refractivity contribution >= 4 is 28.3 Å². The van der Waals surface area contributed by atoms with E-state index < -0.39 is 0 Å². The second-order valence-corrected chi connectivity index (χ2v) is 4.71. The number of nitrogens with zero attached hydrogens (tertiary/aromatic N) is 1. The zero-order valence-corrected chi connectivity index (χ0v) is 8.84. The van der Waals surface area contributed by atoms with Gasteiger partial charge in [-0.3, -0.25) is 4.99 Å². The lowest BCUT2D eigenvalue weighted by Gasteiger charge is -2.07. The van der Waals surface area contributed by atoms with E-state index in [1.807, 2.05) is 24.3 Å². The molecule has 3 nitrogen and oxygen atoms in total. The number of benzene rings is 1. The zero-order chi connectivity index (χ0) is 9.97. The SMILES string of the molecule is CC1CN=C(Nc2ccccc2N)S1. The van der Waals surface area contributed by atoms with Gasteiger partial charge in [0.2, 0.25) is 0 Å². The van der Waals surface area contributed by atoms with Gasteiger partial charge >= 0.3 is 0 Å². The van der Waals surface area contributed by atoms with Crippen LogP contribution in [0.25, 0.3) is 0 Å². The lowest BCUT2D eigenvalue weighted by atomic mass is 10.3. The molecule has 0 aliphatic carbocycles. The topological polar surface area (TPSA) is 50.4 Å². The van der Waals surface area contributed by atoms with E-state index in [4.69, 9.17) is 5.73 Å². The molecule has 0 radical (unpaired) electrons. The van der Waals surface area contributed by atoms with Crippen LogP contribution in [0.2, 0.25) is 0 Å². The summed E-state index contributed by atoms with van der Waals surface area (Å²) in [6.45, 7) is 3.05. The van der Waals surface area contributed by atoms with E-state index in [0.717, 1.165) is 23.1 Å². The van der Waals surface area contributed by atoms with E-state index in [-0.39, 0.29) is 0 Å². The number of aliphatic imine (C=N–C) groups is 1. The minimum atomic E-state index is 0.572. The van der Waals surface area contributed by atoms with Gasteiger partial charge in [0.25, 0.3) is 0 Å². The molecule has 0 spiro atoms. The van der Waals surface area contributed by atoms with Crippen LogP contribution < -0.4 is 11.1 Å². The van der Waals surface area contributed by atoms with Crippen LogP contribution in [0.15, 0.2) is 29.3 Å². The molecule has 2 rings (SSSR count). The van der Waals surface area contributed by atoms with E-state index in [0.29, 0.717) is 5.25 Å². The van der Waals surface area contributed by atoms with E-state index in [2.05, 4.69) is 17.2 Å². The number of anilines is 2. The second kappa shape index (κ2) is 3.92. The molecule has 1 aromatic carbocycles. The molecule has 1 unspecified atom stereocenters. The minimum Gasteiger partial charge on any atom is -0.397 e. The summed E-state index contributed by atoms with van der Waals surface area (Å²) in [5, 5.41) is 4.77. The molecular weight excluding hydrogens is 194 g/mol. The third-order valence-corrected chi connectivity index (χ3v) is 3.01. The van der Waals surface area contributed by atoms with Gasteiger partial charge in [0.15, 0.2) is 5.17 Å². The Morgan fingerprint density at radius 2 is 2.29 bits per heavy atom. The predicted octanol–water partition coefficient (Wildman–Crippen LogP) is 2.17. The molecule has 1 aliphatic rings. The molecular formula is C10H13N3S. The number of nitrogens with one attached hydrogen (secondary N) is 1. The number of thioether (sulfide) groups is 1. The smallest absolute Gasteiger partial charge is 0.161 e. The van der Waals surface area contributed by atoms with Gasteiger partial charge in [-0.1, -0.05) is 30.8 Å². The fourth-order valence-electron chi connectivity index (χ4n) is 1.27.